The van der Waals surface area contributed by atoms with Crippen molar-refractivity contribution in [2.24, 2.45) is 10.8 Å². The summed E-state index contributed by atoms with van der Waals surface area (Å²) in [7, 11) is 0. The Morgan fingerprint density at radius 3 is 2.18 bits per heavy atom. The summed E-state index contributed by atoms with van der Waals surface area (Å²) in [4.78, 5) is 0. The van der Waals surface area contributed by atoms with Gasteiger partial charge in [-0.05, 0) is 36.5 Å². The monoisotopic (exact) mass is 241 g/mol. The van der Waals surface area contributed by atoms with E-state index in [1.165, 1.54) is 19.3 Å². The number of hydrogen-bond acceptors (Lipinski definition) is 2. The molecule has 2 nitrogen and oxygen atoms in total. The highest BCUT2D eigenvalue weighted by Gasteiger charge is 2.37. The van der Waals surface area contributed by atoms with E-state index in [1.807, 2.05) is 0 Å². The van der Waals surface area contributed by atoms with Crippen LogP contribution in [0.4, 0.5) is 0 Å². The van der Waals surface area contributed by atoms with Gasteiger partial charge < -0.3 is 10.1 Å². The Labute approximate surface area is 108 Å². The smallest absolute Gasteiger partial charge is 0.0590 e. The second-order valence-electron chi connectivity index (χ2n) is 7.18. The van der Waals surface area contributed by atoms with Gasteiger partial charge in [0.15, 0.2) is 0 Å². The van der Waals surface area contributed by atoms with Crippen LogP contribution in [0.25, 0.3) is 0 Å². The SMILES string of the molecule is CCCOCCNC1CC(C)(C)CC(C)(C)C1. The lowest BCUT2D eigenvalue weighted by Gasteiger charge is -2.45. The Morgan fingerprint density at radius 1 is 1.06 bits per heavy atom. The van der Waals surface area contributed by atoms with Crippen molar-refractivity contribution in [1.82, 2.24) is 5.32 Å². The average Bonchev–Trinajstić information content (AvgIpc) is 2.12. The quantitative estimate of drug-likeness (QED) is 0.717. The molecule has 0 saturated heterocycles. The van der Waals surface area contributed by atoms with Crippen molar-refractivity contribution in [1.29, 1.82) is 0 Å². The first kappa shape index (κ1) is 15.0. The zero-order valence-corrected chi connectivity index (χ0v) is 12.4. The summed E-state index contributed by atoms with van der Waals surface area (Å²) in [6, 6.07) is 0.666. The predicted octanol–water partition coefficient (Wildman–Crippen LogP) is 3.61. The van der Waals surface area contributed by atoms with E-state index in [0.717, 1.165) is 26.2 Å². The minimum Gasteiger partial charge on any atom is -0.380 e. The van der Waals surface area contributed by atoms with Crippen molar-refractivity contribution in [2.75, 3.05) is 19.8 Å². The third kappa shape index (κ3) is 5.87. The lowest BCUT2D eigenvalue weighted by molar-refractivity contribution is 0.0768. The first-order valence-electron chi connectivity index (χ1n) is 7.16. The molecule has 1 fully saturated rings. The van der Waals surface area contributed by atoms with Gasteiger partial charge in [0, 0.05) is 19.2 Å². The average molecular weight is 241 g/mol. The van der Waals surface area contributed by atoms with Crippen LogP contribution < -0.4 is 5.32 Å². The van der Waals surface area contributed by atoms with Crippen LogP contribution in [0.15, 0.2) is 0 Å². The van der Waals surface area contributed by atoms with Crippen LogP contribution in [0.3, 0.4) is 0 Å². The van der Waals surface area contributed by atoms with Crippen molar-refractivity contribution in [2.45, 2.75) is 66.3 Å². The maximum atomic E-state index is 5.52. The van der Waals surface area contributed by atoms with Crippen LogP contribution in [0.1, 0.15) is 60.3 Å². The fraction of sp³-hybridized carbons (Fsp3) is 1.00. The zero-order valence-electron chi connectivity index (χ0n) is 12.4. The molecule has 0 amide bonds. The Morgan fingerprint density at radius 2 is 1.65 bits per heavy atom. The summed E-state index contributed by atoms with van der Waals surface area (Å²) in [5, 5.41) is 3.67. The van der Waals surface area contributed by atoms with Gasteiger partial charge in [0.05, 0.1) is 6.61 Å². The van der Waals surface area contributed by atoms with Crippen molar-refractivity contribution in [3.8, 4) is 0 Å². The Kier molecular flexibility index (Phi) is 5.46. The minimum atomic E-state index is 0.476. The molecule has 1 aliphatic rings. The van der Waals surface area contributed by atoms with Crippen LogP contribution in [-0.4, -0.2) is 25.8 Å². The van der Waals surface area contributed by atoms with Gasteiger partial charge >= 0.3 is 0 Å². The number of rotatable bonds is 6. The van der Waals surface area contributed by atoms with Crippen molar-refractivity contribution >= 4 is 0 Å². The summed E-state index contributed by atoms with van der Waals surface area (Å²) in [5.41, 5.74) is 0.952. The summed E-state index contributed by atoms with van der Waals surface area (Å²) in [5.74, 6) is 0. The Bertz CT molecular complexity index is 207. The van der Waals surface area contributed by atoms with Crippen LogP contribution in [0.2, 0.25) is 0 Å². The van der Waals surface area contributed by atoms with Gasteiger partial charge in [-0.3, -0.25) is 0 Å². The topological polar surface area (TPSA) is 21.3 Å². The Hall–Kier alpha value is -0.0800. The second-order valence-corrected chi connectivity index (χ2v) is 7.18. The van der Waals surface area contributed by atoms with Crippen LogP contribution in [0, 0.1) is 10.8 Å². The van der Waals surface area contributed by atoms with Crippen LogP contribution in [0.5, 0.6) is 0 Å². The van der Waals surface area contributed by atoms with Gasteiger partial charge in [-0.2, -0.15) is 0 Å². The Balaban J connectivity index is 2.28. The number of nitrogens with one attached hydrogen (secondary N) is 1. The minimum absolute atomic E-state index is 0.476. The van der Waals surface area contributed by atoms with Gasteiger partial charge in [-0.1, -0.05) is 34.6 Å². The normalized spacial score (nSPS) is 23.8. The van der Waals surface area contributed by atoms with E-state index in [9.17, 15) is 0 Å². The van der Waals surface area contributed by atoms with Crippen LogP contribution >= 0.6 is 0 Å². The molecule has 0 heterocycles. The number of hydrogen-bond donors (Lipinski definition) is 1. The predicted molar refractivity (Wildman–Crippen MR) is 74.3 cm³/mol. The maximum Gasteiger partial charge on any atom is 0.0590 e. The van der Waals surface area contributed by atoms with Crippen molar-refractivity contribution in [3.05, 3.63) is 0 Å². The highest BCUT2D eigenvalue weighted by Crippen LogP contribution is 2.45. The molecule has 1 N–H and O–H groups in total. The maximum absolute atomic E-state index is 5.52. The van der Waals surface area contributed by atoms with Gasteiger partial charge in [0.2, 0.25) is 0 Å². The lowest BCUT2D eigenvalue weighted by atomic mass is 9.63. The molecule has 0 aromatic heterocycles. The first-order chi connectivity index (χ1) is 7.85. The summed E-state index contributed by atoms with van der Waals surface area (Å²) in [6.07, 6.45) is 5.04. The summed E-state index contributed by atoms with van der Waals surface area (Å²) in [6.45, 7) is 14.5. The molecule has 102 valence electrons. The molecule has 0 bridgehead atoms. The molecule has 1 aliphatic carbocycles. The zero-order chi connectivity index (χ0) is 12.9. The second kappa shape index (κ2) is 6.19. The third-order valence-corrected chi connectivity index (χ3v) is 3.58. The first-order valence-corrected chi connectivity index (χ1v) is 7.16. The van der Waals surface area contributed by atoms with E-state index in [0.29, 0.717) is 16.9 Å². The van der Waals surface area contributed by atoms with E-state index >= 15 is 0 Å². The molecule has 0 aliphatic heterocycles. The van der Waals surface area contributed by atoms with Crippen molar-refractivity contribution in [3.63, 3.8) is 0 Å². The van der Waals surface area contributed by atoms with E-state index in [1.54, 1.807) is 0 Å². The lowest BCUT2D eigenvalue weighted by Crippen LogP contribution is -2.44. The highest BCUT2D eigenvalue weighted by molar-refractivity contribution is 4.92. The molecule has 0 unspecified atom stereocenters. The molecule has 0 aromatic rings. The molecule has 0 aromatic carbocycles. The highest BCUT2D eigenvalue weighted by atomic mass is 16.5. The van der Waals surface area contributed by atoms with E-state index in [-0.39, 0.29) is 0 Å². The molecule has 0 atom stereocenters. The van der Waals surface area contributed by atoms with Gasteiger partial charge in [0.1, 0.15) is 0 Å². The molecule has 2 heteroatoms. The van der Waals surface area contributed by atoms with Crippen LogP contribution in [-0.2, 0) is 4.74 Å². The molecule has 0 radical (unpaired) electrons. The van der Waals surface area contributed by atoms with E-state index in [4.69, 9.17) is 4.74 Å². The molecule has 1 rings (SSSR count). The molecular formula is C15H31NO. The van der Waals surface area contributed by atoms with Crippen molar-refractivity contribution < 1.29 is 4.74 Å². The van der Waals surface area contributed by atoms with E-state index in [2.05, 4.69) is 39.9 Å². The number of ether oxygens (including phenoxy) is 1. The summed E-state index contributed by atoms with van der Waals surface area (Å²) >= 11 is 0. The molecule has 0 spiro atoms. The fourth-order valence-electron chi connectivity index (χ4n) is 3.57. The fourth-order valence-corrected chi connectivity index (χ4v) is 3.57. The molecular weight excluding hydrogens is 210 g/mol. The molecule has 17 heavy (non-hydrogen) atoms. The summed E-state index contributed by atoms with van der Waals surface area (Å²) < 4.78 is 5.52. The molecule has 1 saturated carbocycles. The third-order valence-electron chi connectivity index (χ3n) is 3.58. The largest absolute Gasteiger partial charge is 0.380 e. The van der Waals surface area contributed by atoms with Gasteiger partial charge in [-0.15, -0.1) is 0 Å². The van der Waals surface area contributed by atoms with Gasteiger partial charge in [-0.25, -0.2) is 0 Å². The standard InChI is InChI=1S/C15H31NO/c1-6-8-17-9-7-16-13-10-14(2,3)12-15(4,5)11-13/h13,16H,6-12H2,1-5H3. The van der Waals surface area contributed by atoms with E-state index < -0.39 is 0 Å². The van der Waals surface area contributed by atoms with Gasteiger partial charge in [0.25, 0.3) is 0 Å².